The Hall–Kier alpha value is -2.51. The van der Waals surface area contributed by atoms with Crippen LogP contribution in [-0.2, 0) is 12.0 Å². The van der Waals surface area contributed by atoms with E-state index in [1.54, 1.807) is 6.07 Å². The Morgan fingerprint density at radius 1 is 1.31 bits per heavy atom. The second kappa shape index (κ2) is 8.73. The van der Waals surface area contributed by atoms with Gasteiger partial charge in [-0.25, -0.2) is 14.4 Å². The summed E-state index contributed by atoms with van der Waals surface area (Å²) in [5, 5.41) is 6.25. The molecule has 5 nitrogen and oxygen atoms in total. The highest BCUT2D eigenvalue weighted by molar-refractivity contribution is 5.79. The van der Waals surface area contributed by atoms with E-state index in [0.29, 0.717) is 19.0 Å². The molecule has 2 aromatic rings. The van der Waals surface area contributed by atoms with Crippen LogP contribution in [0.3, 0.4) is 0 Å². The number of hydrogen-bond acceptors (Lipinski definition) is 2. The maximum Gasteiger partial charge on any atom is 0.319 e. The normalized spacial score (nSPS) is 12.5. The van der Waals surface area contributed by atoms with Crippen LogP contribution >= 0.6 is 0 Å². The summed E-state index contributed by atoms with van der Waals surface area (Å²) in [5.41, 5.74) is 0.508. The number of aliphatic imine (C=N–C) groups is 1. The molecule has 0 amide bonds. The third-order valence-electron chi connectivity index (χ3n) is 3.99. The average Bonchev–Trinajstić information content (AvgIpc) is 3.06. The van der Waals surface area contributed by atoms with Gasteiger partial charge in [-0.3, -0.25) is 4.57 Å². The summed E-state index contributed by atoms with van der Waals surface area (Å²) < 4.78 is 40.0. The first-order valence-electron chi connectivity index (χ1n) is 8.41. The molecule has 1 aromatic heterocycles. The minimum Gasteiger partial charge on any atom is -0.357 e. The maximum absolute atomic E-state index is 13.5. The van der Waals surface area contributed by atoms with E-state index in [1.807, 2.05) is 26.8 Å². The van der Waals surface area contributed by atoms with Crippen LogP contribution in [0, 0.1) is 5.82 Å². The van der Waals surface area contributed by atoms with Gasteiger partial charge in [0, 0.05) is 30.9 Å². The smallest absolute Gasteiger partial charge is 0.319 e. The molecule has 26 heavy (non-hydrogen) atoms. The molecule has 0 radical (unpaired) electrons. The number of rotatable bonds is 7. The molecule has 0 saturated heterocycles. The lowest BCUT2D eigenvalue weighted by Gasteiger charge is -2.27. The zero-order chi connectivity index (χ0) is 19.2. The first-order chi connectivity index (χ1) is 12.3. The molecule has 0 aliphatic carbocycles. The van der Waals surface area contributed by atoms with Crippen LogP contribution in [-0.4, -0.2) is 28.6 Å². The van der Waals surface area contributed by atoms with E-state index in [2.05, 4.69) is 20.6 Å². The van der Waals surface area contributed by atoms with Crippen LogP contribution in [0.5, 0.6) is 0 Å². The zero-order valence-corrected chi connectivity index (χ0v) is 15.1. The van der Waals surface area contributed by atoms with Gasteiger partial charge in [-0.15, -0.1) is 0 Å². The SMILES string of the molecule is CCNC(=NCc1nccn1C(F)F)NCC(C)(C)c1cccc(F)c1. The van der Waals surface area contributed by atoms with Crippen molar-refractivity contribution in [1.82, 2.24) is 20.2 Å². The van der Waals surface area contributed by atoms with Crippen molar-refractivity contribution in [2.45, 2.75) is 39.3 Å². The van der Waals surface area contributed by atoms with Gasteiger partial charge in [-0.05, 0) is 24.6 Å². The monoisotopic (exact) mass is 367 g/mol. The van der Waals surface area contributed by atoms with Gasteiger partial charge in [0.25, 0.3) is 0 Å². The second-order valence-electron chi connectivity index (χ2n) is 6.47. The van der Waals surface area contributed by atoms with Gasteiger partial charge in [-0.1, -0.05) is 26.0 Å². The Balaban J connectivity index is 2.06. The lowest BCUT2D eigenvalue weighted by Crippen LogP contribution is -2.43. The van der Waals surface area contributed by atoms with Crippen LogP contribution in [0.25, 0.3) is 0 Å². The molecule has 0 bridgehead atoms. The van der Waals surface area contributed by atoms with E-state index in [-0.39, 0.29) is 23.6 Å². The van der Waals surface area contributed by atoms with Crippen LogP contribution in [0.4, 0.5) is 13.2 Å². The number of benzene rings is 1. The Labute approximate surface area is 151 Å². The molecule has 1 heterocycles. The van der Waals surface area contributed by atoms with Crippen molar-refractivity contribution in [1.29, 1.82) is 0 Å². The first kappa shape index (κ1) is 19.8. The van der Waals surface area contributed by atoms with Crippen molar-refractivity contribution >= 4 is 5.96 Å². The zero-order valence-electron chi connectivity index (χ0n) is 15.1. The predicted octanol–water partition coefficient (Wildman–Crippen LogP) is 3.45. The van der Waals surface area contributed by atoms with Gasteiger partial charge in [0.1, 0.15) is 18.2 Å². The van der Waals surface area contributed by atoms with Crippen LogP contribution in [0.1, 0.15) is 38.7 Å². The Kier molecular flexibility index (Phi) is 6.65. The molecular weight excluding hydrogens is 343 g/mol. The fourth-order valence-electron chi connectivity index (χ4n) is 2.45. The largest absolute Gasteiger partial charge is 0.357 e. The van der Waals surface area contributed by atoms with Crippen LogP contribution < -0.4 is 10.6 Å². The Morgan fingerprint density at radius 2 is 2.08 bits per heavy atom. The molecule has 0 saturated carbocycles. The third-order valence-corrected chi connectivity index (χ3v) is 3.99. The molecule has 142 valence electrons. The quantitative estimate of drug-likeness (QED) is 0.582. The summed E-state index contributed by atoms with van der Waals surface area (Å²) in [5.74, 6) is 0.386. The number of guanidine groups is 1. The number of alkyl halides is 2. The summed E-state index contributed by atoms with van der Waals surface area (Å²) in [7, 11) is 0. The van der Waals surface area contributed by atoms with Crippen LogP contribution in [0.15, 0.2) is 41.7 Å². The lowest BCUT2D eigenvalue weighted by molar-refractivity contribution is 0.0671. The molecule has 0 aliphatic rings. The third kappa shape index (κ3) is 5.24. The molecule has 2 N–H and O–H groups in total. The van der Waals surface area contributed by atoms with Crippen molar-refractivity contribution in [3.05, 3.63) is 53.9 Å². The van der Waals surface area contributed by atoms with E-state index in [1.165, 1.54) is 24.5 Å². The number of nitrogens with one attached hydrogen (secondary N) is 2. The maximum atomic E-state index is 13.5. The fourth-order valence-corrected chi connectivity index (χ4v) is 2.45. The minimum absolute atomic E-state index is 0.0209. The summed E-state index contributed by atoms with van der Waals surface area (Å²) in [6.07, 6.45) is 2.55. The number of imidazole rings is 1. The predicted molar refractivity (Wildman–Crippen MR) is 95.7 cm³/mol. The van der Waals surface area contributed by atoms with E-state index in [4.69, 9.17) is 0 Å². The summed E-state index contributed by atoms with van der Waals surface area (Å²) in [4.78, 5) is 8.23. The Bertz CT molecular complexity index is 740. The standard InChI is InChI=1S/C18H24F3N5/c1-4-22-17(24-11-15-23-8-9-26(15)16(20)21)25-12-18(2,3)13-6-5-7-14(19)10-13/h5-10,16H,4,11-12H2,1-3H3,(H2,22,24,25). The topological polar surface area (TPSA) is 54.2 Å². The van der Waals surface area contributed by atoms with Crippen molar-refractivity contribution in [2.75, 3.05) is 13.1 Å². The second-order valence-corrected chi connectivity index (χ2v) is 6.47. The average molecular weight is 367 g/mol. The highest BCUT2D eigenvalue weighted by Gasteiger charge is 2.21. The van der Waals surface area contributed by atoms with Crippen molar-refractivity contribution < 1.29 is 13.2 Å². The van der Waals surface area contributed by atoms with Gasteiger partial charge < -0.3 is 10.6 Å². The number of hydrogen-bond donors (Lipinski definition) is 2. The molecule has 0 aliphatic heterocycles. The van der Waals surface area contributed by atoms with E-state index in [0.717, 1.165) is 10.1 Å². The Morgan fingerprint density at radius 3 is 2.73 bits per heavy atom. The molecular formula is C18H24F3N5. The number of halogens is 3. The summed E-state index contributed by atoms with van der Waals surface area (Å²) >= 11 is 0. The van der Waals surface area contributed by atoms with Gasteiger partial charge in [0.15, 0.2) is 5.96 Å². The minimum atomic E-state index is -2.65. The summed E-state index contributed by atoms with van der Waals surface area (Å²) in [6, 6.07) is 6.46. The molecule has 8 heteroatoms. The molecule has 2 rings (SSSR count). The number of aromatic nitrogens is 2. The van der Waals surface area contributed by atoms with Gasteiger partial charge in [0.05, 0.1) is 0 Å². The highest BCUT2D eigenvalue weighted by Crippen LogP contribution is 2.22. The first-order valence-corrected chi connectivity index (χ1v) is 8.41. The molecule has 0 spiro atoms. The van der Waals surface area contributed by atoms with Gasteiger partial charge in [0.2, 0.25) is 0 Å². The van der Waals surface area contributed by atoms with Crippen molar-refractivity contribution in [3.8, 4) is 0 Å². The van der Waals surface area contributed by atoms with Crippen LogP contribution in [0.2, 0.25) is 0 Å². The van der Waals surface area contributed by atoms with E-state index in [9.17, 15) is 13.2 Å². The van der Waals surface area contributed by atoms with Crippen molar-refractivity contribution in [2.24, 2.45) is 4.99 Å². The molecule has 0 unspecified atom stereocenters. The lowest BCUT2D eigenvalue weighted by atomic mass is 9.84. The fraction of sp³-hybridized carbons (Fsp3) is 0.444. The highest BCUT2D eigenvalue weighted by atomic mass is 19.3. The van der Waals surface area contributed by atoms with Crippen molar-refractivity contribution in [3.63, 3.8) is 0 Å². The summed E-state index contributed by atoms with van der Waals surface area (Å²) in [6.45, 7) is 4.37. The number of nitrogens with zero attached hydrogens (tertiary/aromatic N) is 3. The van der Waals surface area contributed by atoms with E-state index < -0.39 is 6.55 Å². The van der Waals surface area contributed by atoms with Gasteiger partial charge in [-0.2, -0.15) is 8.78 Å². The molecule has 0 atom stereocenters. The van der Waals surface area contributed by atoms with Gasteiger partial charge >= 0.3 is 6.55 Å². The van der Waals surface area contributed by atoms with E-state index >= 15 is 0 Å². The molecule has 1 aromatic carbocycles. The molecule has 0 fully saturated rings.